The van der Waals surface area contributed by atoms with Crippen molar-refractivity contribution >= 4 is 11.9 Å². The molecule has 0 unspecified atom stereocenters. The molecule has 0 aliphatic carbocycles. The summed E-state index contributed by atoms with van der Waals surface area (Å²) < 4.78 is 25.1. The molecule has 0 saturated heterocycles. The van der Waals surface area contributed by atoms with Gasteiger partial charge in [-0.3, -0.25) is 14.6 Å². The monoisotopic (exact) mass is 387 g/mol. The van der Waals surface area contributed by atoms with Gasteiger partial charge < -0.3 is 9.47 Å². The van der Waals surface area contributed by atoms with Crippen LogP contribution in [-0.2, 0) is 32.3 Å². The standard InChI is InChI=1S/C22H26FNO4/c1-8-10-21(4,5)19(25)27-13-16-12-24-15(3)18(23)17(16)14-28-20(26)22(6,7)11-9-2/h1-2,12H,10-11,13-14H2,3-7H3. The molecule has 0 radical (unpaired) electrons. The van der Waals surface area contributed by atoms with Crippen molar-refractivity contribution in [3.05, 3.63) is 28.8 Å². The molecule has 28 heavy (non-hydrogen) atoms. The van der Waals surface area contributed by atoms with Gasteiger partial charge >= 0.3 is 11.9 Å². The second-order valence-electron chi connectivity index (χ2n) is 7.84. The van der Waals surface area contributed by atoms with Crippen LogP contribution in [-0.4, -0.2) is 16.9 Å². The predicted molar refractivity (Wildman–Crippen MR) is 103 cm³/mol. The highest BCUT2D eigenvalue weighted by Gasteiger charge is 2.30. The highest BCUT2D eigenvalue weighted by Crippen LogP contribution is 2.25. The van der Waals surface area contributed by atoms with E-state index in [-0.39, 0.29) is 37.3 Å². The Morgan fingerprint density at radius 3 is 1.96 bits per heavy atom. The van der Waals surface area contributed by atoms with E-state index in [4.69, 9.17) is 22.3 Å². The predicted octanol–water partition coefficient (Wildman–Crippen LogP) is 3.71. The Bertz CT molecular complexity index is 828. The average Bonchev–Trinajstić information content (AvgIpc) is 2.61. The van der Waals surface area contributed by atoms with E-state index >= 15 is 0 Å². The molecule has 0 amide bonds. The summed E-state index contributed by atoms with van der Waals surface area (Å²) in [7, 11) is 0. The number of pyridine rings is 1. The van der Waals surface area contributed by atoms with Crippen LogP contribution in [0.25, 0.3) is 0 Å². The summed E-state index contributed by atoms with van der Waals surface area (Å²) >= 11 is 0. The lowest BCUT2D eigenvalue weighted by atomic mass is 9.90. The molecule has 0 fully saturated rings. The molecule has 1 aromatic rings. The van der Waals surface area contributed by atoms with Crippen molar-refractivity contribution in [2.45, 2.75) is 60.7 Å². The molecule has 1 rings (SSSR count). The Labute approximate surface area is 166 Å². The minimum atomic E-state index is -0.890. The molecule has 0 aliphatic heterocycles. The lowest BCUT2D eigenvalue weighted by Gasteiger charge is -2.22. The Morgan fingerprint density at radius 1 is 1.04 bits per heavy atom. The zero-order chi connectivity index (χ0) is 21.5. The Kier molecular flexibility index (Phi) is 7.76. The van der Waals surface area contributed by atoms with Crippen molar-refractivity contribution in [3.63, 3.8) is 0 Å². The molecule has 1 heterocycles. The van der Waals surface area contributed by atoms with E-state index in [0.29, 0.717) is 5.56 Å². The van der Waals surface area contributed by atoms with Crippen molar-refractivity contribution in [2.75, 3.05) is 0 Å². The number of hydrogen-bond donors (Lipinski definition) is 0. The SMILES string of the molecule is C#CCC(C)(C)C(=O)OCc1cnc(C)c(F)c1COC(=O)C(C)(C)CC#C. The maximum absolute atomic E-state index is 14.6. The summed E-state index contributed by atoms with van der Waals surface area (Å²) in [5.41, 5.74) is -1.18. The van der Waals surface area contributed by atoms with E-state index < -0.39 is 28.6 Å². The fourth-order valence-electron chi connectivity index (χ4n) is 2.28. The summed E-state index contributed by atoms with van der Waals surface area (Å²) in [5.74, 6) is 3.18. The third kappa shape index (κ3) is 5.82. The Hall–Kier alpha value is -2.86. The number of carbonyl (C=O) groups excluding carboxylic acids is 2. The maximum Gasteiger partial charge on any atom is 0.312 e. The van der Waals surface area contributed by atoms with Crippen molar-refractivity contribution in [1.29, 1.82) is 0 Å². The van der Waals surface area contributed by atoms with Crippen molar-refractivity contribution in [2.24, 2.45) is 10.8 Å². The van der Waals surface area contributed by atoms with Crippen molar-refractivity contribution in [3.8, 4) is 24.7 Å². The highest BCUT2D eigenvalue weighted by molar-refractivity contribution is 5.77. The number of nitrogens with zero attached hydrogens (tertiary/aromatic N) is 1. The number of rotatable bonds is 8. The van der Waals surface area contributed by atoms with E-state index in [2.05, 4.69) is 16.8 Å². The third-order valence-electron chi connectivity index (χ3n) is 4.28. The van der Waals surface area contributed by atoms with Gasteiger partial charge in [0.15, 0.2) is 5.82 Å². The first-order valence-corrected chi connectivity index (χ1v) is 8.80. The van der Waals surface area contributed by atoms with Crippen LogP contribution in [0.2, 0.25) is 0 Å². The van der Waals surface area contributed by atoms with Gasteiger partial charge in [0.05, 0.1) is 16.5 Å². The zero-order valence-electron chi connectivity index (χ0n) is 17.0. The third-order valence-corrected chi connectivity index (χ3v) is 4.28. The fraction of sp³-hybridized carbons (Fsp3) is 0.500. The normalized spacial score (nSPS) is 11.3. The highest BCUT2D eigenvalue weighted by atomic mass is 19.1. The summed E-state index contributed by atoms with van der Waals surface area (Å²) in [6, 6.07) is 0. The van der Waals surface area contributed by atoms with E-state index in [1.807, 2.05) is 0 Å². The average molecular weight is 387 g/mol. The zero-order valence-corrected chi connectivity index (χ0v) is 17.0. The summed E-state index contributed by atoms with van der Waals surface area (Å²) in [4.78, 5) is 28.4. The first kappa shape index (κ1) is 23.2. The first-order chi connectivity index (χ1) is 13.0. The van der Waals surface area contributed by atoms with Gasteiger partial charge in [0, 0.05) is 30.2 Å². The van der Waals surface area contributed by atoms with Crippen LogP contribution in [0.5, 0.6) is 0 Å². The minimum Gasteiger partial charge on any atom is -0.460 e. The van der Waals surface area contributed by atoms with Crippen LogP contribution in [0.3, 0.4) is 0 Å². The number of esters is 2. The summed E-state index contributed by atoms with van der Waals surface area (Å²) in [6.07, 6.45) is 12.3. The van der Waals surface area contributed by atoms with Gasteiger partial charge in [0.25, 0.3) is 0 Å². The van der Waals surface area contributed by atoms with Crippen LogP contribution < -0.4 is 0 Å². The van der Waals surface area contributed by atoms with Gasteiger partial charge in [-0.25, -0.2) is 4.39 Å². The lowest BCUT2D eigenvalue weighted by molar-refractivity contribution is -0.156. The molecule has 0 aliphatic rings. The molecular formula is C22H26FNO4. The molecule has 1 aromatic heterocycles. The van der Waals surface area contributed by atoms with Gasteiger partial charge in [-0.15, -0.1) is 24.7 Å². The van der Waals surface area contributed by atoms with E-state index in [9.17, 15) is 14.0 Å². The number of terminal acetylenes is 2. The topological polar surface area (TPSA) is 65.5 Å². The van der Waals surface area contributed by atoms with Gasteiger partial charge in [-0.1, -0.05) is 0 Å². The second-order valence-corrected chi connectivity index (χ2v) is 7.84. The first-order valence-electron chi connectivity index (χ1n) is 8.80. The number of hydrogen-bond acceptors (Lipinski definition) is 5. The van der Waals surface area contributed by atoms with Crippen LogP contribution in [0.4, 0.5) is 4.39 Å². The quantitative estimate of drug-likeness (QED) is 0.502. The molecule has 0 N–H and O–H groups in total. The smallest absolute Gasteiger partial charge is 0.312 e. The van der Waals surface area contributed by atoms with Crippen LogP contribution in [0, 0.1) is 48.3 Å². The van der Waals surface area contributed by atoms with E-state index in [1.54, 1.807) is 27.7 Å². The fourth-order valence-corrected chi connectivity index (χ4v) is 2.28. The van der Waals surface area contributed by atoms with Crippen molar-refractivity contribution in [1.82, 2.24) is 4.98 Å². The molecule has 0 saturated carbocycles. The number of aryl methyl sites for hydroxylation is 1. The van der Waals surface area contributed by atoms with Crippen LogP contribution in [0.15, 0.2) is 6.20 Å². The number of aromatic nitrogens is 1. The number of carbonyl (C=O) groups is 2. The second kappa shape index (κ2) is 9.37. The van der Waals surface area contributed by atoms with Gasteiger partial charge in [0.1, 0.15) is 13.2 Å². The van der Waals surface area contributed by atoms with Crippen molar-refractivity contribution < 1.29 is 23.5 Å². The Morgan fingerprint density at radius 2 is 1.50 bits per heavy atom. The van der Waals surface area contributed by atoms with Gasteiger partial charge in [-0.2, -0.15) is 0 Å². The molecule has 5 nitrogen and oxygen atoms in total. The lowest BCUT2D eigenvalue weighted by Crippen LogP contribution is -2.27. The van der Waals surface area contributed by atoms with Gasteiger partial charge in [-0.05, 0) is 34.6 Å². The van der Waals surface area contributed by atoms with E-state index in [0.717, 1.165) is 0 Å². The number of ether oxygens (including phenoxy) is 2. The largest absolute Gasteiger partial charge is 0.460 e. The van der Waals surface area contributed by atoms with Crippen LogP contribution in [0.1, 0.15) is 57.4 Å². The minimum absolute atomic E-state index is 0.111. The molecule has 0 spiro atoms. The Balaban J connectivity index is 2.97. The summed E-state index contributed by atoms with van der Waals surface area (Å²) in [6.45, 7) is 7.60. The molecule has 0 aromatic carbocycles. The number of halogens is 1. The van der Waals surface area contributed by atoms with Gasteiger partial charge in [0.2, 0.25) is 0 Å². The molecular weight excluding hydrogens is 361 g/mol. The molecule has 150 valence electrons. The molecule has 0 bridgehead atoms. The molecule has 6 heteroatoms. The maximum atomic E-state index is 14.6. The molecule has 0 atom stereocenters. The van der Waals surface area contributed by atoms with E-state index in [1.165, 1.54) is 13.1 Å². The summed E-state index contributed by atoms with van der Waals surface area (Å²) in [5, 5.41) is 0. The van der Waals surface area contributed by atoms with Crippen LogP contribution >= 0.6 is 0 Å².